The molecule has 0 unspecified atom stereocenters. The van der Waals surface area contributed by atoms with Gasteiger partial charge in [-0.2, -0.15) is 0 Å². The number of aliphatic hydroxyl groups is 1. The first-order valence-electron chi connectivity index (χ1n) is 6.63. The normalized spacial score (nSPS) is 11.1. The lowest BCUT2D eigenvalue weighted by Crippen LogP contribution is -2.22. The average molecular weight is 259 g/mol. The van der Waals surface area contributed by atoms with Gasteiger partial charge in [-0.05, 0) is 19.0 Å². The van der Waals surface area contributed by atoms with Gasteiger partial charge in [0, 0.05) is 32.1 Å². The van der Waals surface area contributed by atoms with Gasteiger partial charge in [-0.3, -0.25) is 4.90 Å². The minimum atomic E-state index is 0.239. The molecule has 19 heavy (non-hydrogen) atoms. The standard InChI is InChI=1S/C15H21N3O/c1-17(9-5-11-19)13-15-16-8-10-18(15)12-14-6-3-2-4-7-14/h2-4,6-8,10,19H,5,9,11-13H2,1H3. The van der Waals surface area contributed by atoms with E-state index in [0.29, 0.717) is 0 Å². The Morgan fingerprint density at radius 1 is 1.26 bits per heavy atom. The van der Waals surface area contributed by atoms with Crippen molar-refractivity contribution in [3.8, 4) is 0 Å². The average Bonchev–Trinajstić information content (AvgIpc) is 2.85. The van der Waals surface area contributed by atoms with E-state index >= 15 is 0 Å². The summed E-state index contributed by atoms with van der Waals surface area (Å²) in [7, 11) is 2.05. The molecule has 1 heterocycles. The molecule has 1 N–H and O–H groups in total. The quantitative estimate of drug-likeness (QED) is 0.823. The van der Waals surface area contributed by atoms with E-state index in [-0.39, 0.29) is 6.61 Å². The summed E-state index contributed by atoms with van der Waals surface area (Å²) in [6.45, 7) is 2.78. The summed E-state index contributed by atoms with van der Waals surface area (Å²) in [6.07, 6.45) is 4.66. The van der Waals surface area contributed by atoms with Gasteiger partial charge in [0.1, 0.15) is 5.82 Å². The van der Waals surface area contributed by atoms with Crippen LogP contribution in [0.1, 0.15) is 17.8 Å². The van der Waals surface area contributed by atoms with Crippen LogP contribution in [0.15, 0.2) is 42.7 Å². The summed E-state index contributed by atoms with van der Waals surface area (Å²) in [4.78, 5) is 6.60. The number of imidazole rings is 1. The second-order valence-electron chi connectivity index (χ2n) is 4.77. The van der Waals surface area contributed by atoms with Crippen LogP contribution >= 0.6 is 0 Å². The molecule has 0 aliphatic rings. The predicted molar refractivity (Wildman–Crippen MR) is 75.8 cm³/mol. The smallest absolute Gasteiger partial charge is 0.123 e. The van der Waals surface area contributed by atoms with Gasteiger partial charge in [0.05, 0.1) is 6.54 Å². The van der Waals surface area contributed by atoms with Gasteiger partial charge in [-0.25, -0.2) is 4.98 Å². The summed E-state index contributed by atoms with van der Waals surface area (Å²) >= 11 is 0. The summed E-state index contributed by atoms with van der Waals surface area (Å²) in [5.41, 5.74) is 1.28. The van der Waals surface area contributed by atoms with Gasteiger partial charge in [-0.15, -0.1) is 0 Å². The minimum Gasteiger partial charge on any atom is -0.396 e. The molecule has 1 aromatic carbocycles. The Balaban J connectivity index is 1.98. The lowest BCUT2D eigenvalue weighted by atomic mass is 10.2. The molecule has 4 nitrogen and oxygen atoms in total. The molecule has 0 bridgehead atoms. The van der Waals surface area contributed by atoms with Crippen LogP contribution in [-0.4, -0.2) is 39.8 Å². The van der Waals surface area contributed by atoms with E-state index in [1.165, 1.54) is 5.56 Å². The lowest BCUT2D eigenvalue weighted by Gasteiger charge is -2.16. The van der Waals surface area contributed by atoms with E-state index in [9.17, 15) is 0 Å². The van der Waals surface area contributed by atoms with Crippen LogP contribution in [0.2, 0.25) is 0 Å². The molecule has 0 aliphatic carbocycles. The van der Waals surface area contributed by atoms with Gasteiger partial charge in [0.25, 0.3) is 0 Å². The van der Waals surface area contributed by atoms with E-state index in [1.807, 2.05) is 18.5 Å². The Kier molecular flexibility index (Phi) is 5.12. The Morgan fingerprint density at radius 2 is 2.05 bits per heavy atom. The third-order valence-electron chi connectivity index (χ3n) is 3.11. The molecule has 2 aromatic rings. The molecule has 0 fully saturated rings. The molecule has 0 saturated carbocycles. The SMILES string of the molecule is CN(CCCO)Cc1nccn1Cc1ccccc1. The molecule has 0 atom stereocenters. The number of hydrogen-bond donors (Lipinski definition) is 1. The monoisotopic (exact) mass is 259 g/mol. The minimum absolute atomic E-state index is 0.239. The summed E-state index contributed by atoms with van der Waals surface area (Å²) in [5, 5.41) is 8.84. The van der Waals surface area contributed by atoms with Gasteiger partial charge in [-0.1, -0.05) is 30.3 Å². The fraction of sp³-hybridized carbons (Fsp3) is 0.400. The molecule has 4 heteroatoms. The van der Waals surface area contributed by atoms with Gasteiger partial charge in [0.2, 0.25) is 0 Å². The van der Waals surface area contributed by atoms with E-state index < -0.39 is 0 Å². The molecule has 102 valence electrons. The van der Waals surface area contributed by atoms with Gasteiger partial charge >= 0.3 is 0 Å². The van der Waals surface area contributed by atoms with Crippen molar-refractivity contribution >= 4 is 0 Å². The third kappa shape index (κ3) is 4.19. The summed E-state index contributed by atoms with van der Waals surface area (Å²) in [6, 6.07) is 10.4. The van der Waals surface area contributed by atoms with Crippen LogP contribution in [0.5, 0.6) is 0 Å². The Labute approximate surface area is 114 Å². The Morgan fingerprint density at radius 3 is 2.79 bits per heavy atom. The fourth-order valence-corrected chi connectivity index (χ4v) is 2.08. The first kappa shape index (κ1) is 13.8. The van der Waals surface area contributed by atoms with Gasteiger partial charge in [0.15, 0.2) is 0 Å². The number of aliphatic hydroxyl groups excluding tert-OH is 1. The van der Waals surface area contributed by atoms with Crippen LogP contribution in [0.25, 0.3) is 0 Å². The zero-order valence-corrected chi connectivity index (χ0v) is 11.4. The van der Waals surface area contributed by atoms with Crippen LogP contribution in [0.4, 0.5) is 0 Å². The molecule has 0 radical (unpaired) electrons. The zero-order chi connectivity index (χ0) is 13.5. The van der Waals surface area contributed by atoms with Crippen LogP contribution < -0.4 is 0 Å². The molecule has 0 aliphatic heterocycles. The Hall–Kier alpha value is -1.65. The van der Waals surface area contributed by atoms with Crippen molar-refractivity contribution in [3.05, 3.63) is 54.1 Å². The first-order chi connectivity index (χ1) is 9.29. The second-order valence-corrected chi connectivity index (χ2v) is 4.77. The van der Waals surface area contributed by atoms with Crippen molar-refractivity contribution in [1.29, 1.82) is 0 Å². The van der Waals surface area contributed by atoms with Crippen molar-refractivity contribution in [3.63, 3.8) is 0 Å². The van der Waals surface area contributed by atoms with Crippen LogP contribution in [-0.2, 0) is 13.1 Å². The van der Waals surface area contributed by atoms with Gasteiger partial charge < -0.3 is 9.67 Å². The topological polar surface area (TPSA) is 41.3 Å². The highest BCUT2D eigenvalue weighted by atomic mass is 16.3. The van der Waals surface area contributed by atoms with Crippen molar-refractivity contribution in [2.24, 2.45) is 0 Å². The molecular weight excluding hydrogens is 238 g/mol. The molecule has 0 saturated heterocycles. The van der Waals surface area contributed by atoms with E-state index in [2.05, 4.69) is 45.8 Å². The van der Waals surface area contributed by atoms with E-state index in [0.717, 1.165) is 31.9 Å². The summed E-state index contributed by atoms with van der Waals surface area (Å²) in [5.74, 6) is 1.06. The van der Waals surface area contributed by atoms with Crippen molar-refractivity contribution < 1.29 is 5.11 Å². The zero-order valence-electron chi connectivity index (χ0n) is 11.4. The van der Waals surface area contributed by atoms with E-state index in [4.69, 9.17) is 5.11 Å². The molecular formula is C15H21N3O. The maximum Gasteiger partial charge on any atom is 0.123 e. The maximum atomic E-state index is 8.84. The molecule has 0 spiro atoms. The highest BCUT2D eigenvalue weighted by molar-refractivity contribution is 5.15. The third-order valence-corrected chi connectivity index (χ3v) is 3.11. The van der Waals surface area contributed by atoms with Crippen LogP contribution in [0.3, 0.4) is 0 Å². The number of hydrogen-bond acceptors (Lipinski definition) is 3. The van der Waals surface area contributed by atoms with Crippen LogP contribution in [0, 0.1) is 0 Å². The van der Waals surface area contributed by atoms with Crippen molar-refractivity contribution in [2.45, 2.75) is 19.5 Å². The number of benzene rings is 1. The Bertz CT molecular complexity index is 481. The second kappa shape index (κ2) is 7.07. The number of rotatable bonds is 7. The molecule has 0 amide bonds. The molecule has 1 aromatic heterocycles. The van der Waals surface area contributed by atoms with E-state index in [1.54, 1.807) is 0 Å². The summed E-state index contributed by atoms with van der Waals surface area (Å²) < 4.78 is 2.17. The largest absolute Gasteiger partial charge is 0.396 e. The lowest BCUT2D eigenvalue weighted by molar-refractivity contribution is 0.240. The first-order valence-corrected chi connectivity index (χ1v) is 6.63. The number of aromatic nitrogens is 2. The van der Waals surface area contributed by atoms with Crippen molar-refractivity contribution in [1.82, 2.24) is 14.5 Å². The highest BCUT2D eigenvalue weighted by Crippen LogP contribution is 2.07. The maximum absolute atomic E-state index is 8.84. The fourth-order valence-electron chi connectivity index (χ4n) is 2.08. The number of nitrogens with zero attached hydrogens (tertiary/aromatic N) is 3. The molecule has 2 rings (SSSR count). The van der Waals surface area contributed by atoms with Crippen molar-refractivity contribution in [2.75, 3.05) is 20.2 Å². The highest BCUT2D eigenvalue weighted by Gasteiger charge is 2.06. The predicted octanol–water partition coefficient (Wildman–Crippen LogP) is 1.75.